The molecule has 1 aliphatic heterocycles. The van der Waals surface area contributed by atoms with Crippen molar-refractivity contribution in [3.8, 4) is 22.7 Å². The van der Waals surface area contributed by atoms with Crippen molar-refractivity contribution in [2.75, 3.05) is 5.32 Å². The van der Waals surface area contributed by atoms with E-state index >= 15 is 0 Å². The van der Waals surface area contributed by atoms with Gasteiger partial charge < -0.3 is 10.4 Å². The van der Waals surface area contributed by atoms with Gasteiger partial charge in [0.05, 0.1) is 11.4 Å². The first-order valence-corrected chi connectivity index (χ1v) is 9.63. The van der Waals surface area contributed by atoms with Crippen LogP contribution in [0.3, 0.4) is 0 Å². The van der Waals surface area contributed by atoms with Gasteiger partial charge in [-0.2, -0.15) is 5.10 Å². The fourth-order valence-corrected chi connectivity index (χ4v) is 3.98. The van der Waals surface area contributed by atoms with Crippen molar-refractivity contribution in [1.82, 2.24) is 9.78 Å². The largest absolute Gasteiger partial charge is 0.508 e. The maximum atomic E-state index is 13.9. The van der Waals surface area contributed by atoms with E-state index in [1.165, 1.54) is 12.1 Å². The molecule has 3 aromatic carbocycles. The second-order valence-electron chi connectivity index (χ2n) is 7.27. The number of rotatable bonds is 3. The summed E-state index contributed by atoms with van der Waals surface area (Å²) in [6.45, 7) is 0. The van der Waals surface area contributed by atoms with Crippen molar-refractivity contribution in [2.24, 2.45) is 0 Å². The number of carbonyl (C=O) groups excluding carboxylic acids is 1. The molecule has 0 unspecified atom stereocenters. The average molecular weight is 399 g/mol. The van der Waals surface area contributed by atoms with Gasteiger partial charge in [0.1, 0.15) is 17.4 Å². The van der Waals surface area contributed by atoms with E-state index in [4.69, 9.17) is 5.10 Å². The maximum absolute atomic E-state index is 13.9. The lowest BCUT2D eigenvalue weighted by molar-refractivity contribution is -0.116. The Morgan fingerprint density at radius 3 is 2.57 bits per heavy atom. The van der Waals surface area contributed by atoms with E-state index in [1.807, 2.05) is 36.4 Å². The van der Waals surface area contributed by atoms with Gasteiger partial charge in [0.15, 0.2) is 0 Å². The molecule has 1 aromatic heterocycles. The first-order chi connectivity index (χ1) is 14.6. The van der Waals surface area contributed by atoms with Crippen molar-refractivity contribution >= 4 is 11.7 Å². The highest BCUT2D eigenvalue weighted by atomic mass is 19.1. The third kappa shape index (κ3) is 3.12. The molecule has 1 aliphatic rings. The lowest BCUT2D eigenvalue weighted by atomic mass is 9.84. The van der Waals surface area contributed by atoms with Crippen LogP contribution in [0.15, 0.2) is 78.9 Å². The van der Waals surface area contributed by atoms with Crippen molar-refractivity contribution in [3.05, 3.63) is 95.8 Å². The lowest BCUT2D eigenvalue weighted by Crippen LogP contribution is -2.24. The summed E-state index contributed by atoms with van der Waals surface area (Å²) in [5, 5.41) is 17.7. The molecule has 30 heavy (non-hydrogen) atoms. The second-order valence-corrected chi connectivity index (χ2v) is 7.27. The summed E-state index contributed by atoms with van der Waals surface area (Å²) >= 11 is 0. The van der Waals surface area contributed by atoms with Gasteiger partial charge >= 0.3 is 0 Å². The predicted octanol–water partition coefficient (Wildman–Crippen LogP) is 4.86. The number of halogens is 1. The highest BCUT2D eigenvalue weighted by Crippen LogP contribution is 2.44. The Kier molecular flexibility index (Phi) is 4.32. The summed E-state index contributed by atoms with van der Waals surface area (Å²) in [5.41, 5.74) is 3.79. The number of phenols is 1. The highest BCUT2D eigenvalue weighted by Gasteiger charge is 2.34. The topological polar surface area (TPSA) is 67.1 Å². The van der Waals surface area contributed by atoms with E-state index < -0.39 is 0 Å². The second kappa shape index (κ2) is 7.15. The number of hydrogen-bond acceptors (Lipinski definition) is 3. The van der Waals surface area contributed by atoms with E-state index in [-0.39, 0.29) is 29.8 Å². The van der Waals surface area contributed by atoms with Crippen LogP contribution in [-0.2, 0) is 4.79 Å². The maximum Gasteiger partial charge on any atom is 0.226 e. The minimum absolute atomic E-state index is 0.138. The third-order valence-corrected chi connectivity index (χ3v) is 5.29. The van der Waals surface area contributed by atoms with Crippen LogP contribution >= 0.6 is 0 Å². The molecule has 5 rings (SSSR count). The van der Waals surface area contributed by atoms with Crippen molar-refractivity contribution < 1.29 is 14.3 Å². The quantitative estimate of drug-likeness (QED) is 0.517. The van der Waals surface area contributed by atoms with Crippen LogP contribution in [0.25, 0.3) is 16.9 Å². The summed E-state index contributed by atoms with van der Waals surface area (Å²) in [6, 6.07) is 22.7. The number of phenolic OH excluding ortho intramolecular Hbond substituents is 1. The summed E-state index contributed by atoms with van der Waals surface area (Å²) in [6.07, 6.45) is 0.227. The Balaban J connectivity index is 1.78. The van der Waals surface area contributed by atoms with E-state index in [0.717, 1.165) is 16.7 Å². The van der Waals surface area contributed by atoms with Crippen LogP contribution < -0.4 is 5.32 Å². The van der Waals surface area contributed by atoms with Gasteiger partial charge in [0.2, 0.25) is 5.91 Å². The molecule has 2 heterocycles. The van der Waals surface area contributed by atoms with Crippen LogP contribution in [0, 0.1) is 5.82 Å². The number of fused-ring (bicyclic) bond motifs is 1. The molecule has 0 fully saturated rings. The molecule has 0 bridgehead atoms. The number of carbonyl (C=O) groups is 1. The van der Waals surface area contributed by atoms with E-state index in [1.54, 1.807) is 35.0 Å². The molecule has 0 saturated carbocycles. The molecule has 4 aromatic rings. The summed E-state index contributed by atoms with van der Waals surface area (Å²) in [5.74, 6) is -0.182. The minimum atomic E-state index is -0.385. The van der Waals surface area contributed by atoms with Crippen molar-refractivity contribution in [1.29, 1.82) is 0 Å². The van der Waals surface area contributed by atoms with Gasteiger partial charge in [0.25, 0.3) is 0 Å². The van der Waals surface area contributed by atoms with Gasteiger partial charge in [0, 0.05) is 23.5 Å². The molecule has 148 valence electrons. The fraction of sp³-hybridized carbons (Fsp3) is 0.0833. The molecule has 0 spiro atoms. The number of aromatic nitrogens is 2. The Bertz CT molecular complexity index is 1250. The average Bonchev–Trinajstić information content (AvgIpc) is 3.13. The summed E-state index contributed by atoms with van der Waals surface area (Å²) in [7, 11) is 0. The zero-order valence-electron chi connectivity index (χ0n) is 15.9. The molecular formula is C24H18FN3O2. The third-order valence-electron chi connectivity index (χ3n) is 5.29. The van der Waals surface area contributed by atoms with Gasteiger partial charge in [-0.1, -0.05) is 48.5 Å². The van der Waals surface area contributed by atoms with Gasteiger partial charge in [-0.3, -0.25) is 4.79 Å². The Morgan fingerprint density at radius 1 is 1.00 bits per heavy atom. The molecule has 0 radical (unpaired) electrons. The van der Waals surface area contributed by atoms with E-state index in [0.29, 0.717) is 17.2 Å². The normalized spacial score (nSPS) is 15.5. The fourth-order valence-electron chi connectivity index (χ4n) is 3.98. The number of hydrogen-bond donors (Lipinski definition) is 2. The standard InChI is InChI=1S/C24H18FN3O2/c25-17-9-5-10-18(13-17)28-24-22(23(27-28)15-6-2-1-3-7-15)20(14-21(30)26-24)16-8-4-11-19(29)12-16/h1-13,20,29H,14H2,(H,26,30)/t20-/m1/s1. The van der Waals surface area contributed by atoms with Crippen LogP contribution in [0.5, 0.6) is 5.75 Å². The Labute approximate surface area is 172 Å². The Morgan fingerprint density at radius 2 is 1.80 bits per heavy atom. The highest BCUT2D eigenvalue weighted by molar-refractivity contribution is 5.96. The van der Waals surface area contributed by atoms with Crippen LogP contribution in [0.2, 0.25) is 0 Å². The molecule has 0 aliphatic carbocycles. The number of nitrogens with one attached hydrogen (secondary N) is 1. The SMILES string of the molecule is O=C1C[C@H](c2cccc(O)c2)c2c(-c3ccccc3)nn(-c3cccc(F)c3)c2N1. The first kappa shape index (κ1) is 18.1. The first-order valence-electron chi connectivity index (χ1n) is 9.63. The number of benzene rings is 3. The molecule has 1 amide bonds. The lowest BCUT2D eigenvalue weighted by Gasteiger charge is -2.25. The number of nitrogens with zero attached hydrogens (tertiary/aromatic N) is 2. The summed E-state index contributed by atoms with van der Waals surface area (Å²) in [4.78, 5) is 12.6. The van der Waals surface area contributed by atoms with Crippen LogP contribution in [0.1, 0.15) is 23.5 Å². The number of aromatic hydroxyl groups is 1. The zero-order valence-corrected chi connectivity index (χ0v) is 15.9. The monoisotopic (exact) mass is 399 g/mol. The minimum Gasteiger partial charge on any atom is -0.508 e. The van der Waals surface area contributed by atoms with E-state index in [2.05, 4.69) is 5.32 Å². The molecule has 1 atom stereocenters. The van der Waals surface area contributed by atoms with Gasteiger partial charge in [-0.25, -0.2) is 9.07 Å². The van der Waals surface area contributed by atoms with Gasteiger partial charge in [-0.05, 0) is 35.9 Å². The molecule has 6 heteroatoms. The summed E-state index contributed by atoms with van der Waals surface area (Å²) < 4.78 is 15.5. The van der Waals surface area contributed by atoms with Gasteiger partial charge in [-0.15, -0.1) is 0 Å². The number of anilines is 1. The van der Waals surface area contributed by atoms with Crippen LogP contribution in [0.4, 0.5) is 10.2 Å². The predicted molar refractivity (Wildman–Crippen MR) is 112 cm³/mol. The molecule has 0 saturated heterocycles. The smallest absolute Gasteiger partial charge is 0.226 e. The molecule has 5 nitrogen and oxygen atoms in total. The van der Waals surface area contributed by atoms with E-state index in [9.17, 15) is 14.3 Å². The zero-order chi connectivity index (χ0) is 20.7. The van der Waals surface area contributed by atoms with Crippen molar-refractivity contribution in [3.63, 3.8) is 0 Å². The molecule has 2 N–H and O–H groups in total. The molecular weight excluding hydrogens is 381 g/mol. The van der Waals surface area contributed by atoms with Crippen LogP contribution in [-0.4, -0.2) is 20.8 Å². The van der Waals surface area contributed by atoms with Crippen molar-refractivity contribution in [2.45, 2.75) is 12.3 Å². The number of amides is 1. The Hall–Kier alpha value is -3.93.